The molecule has 0 unspecified atom stereocenters. The van der Waals surface area contributed by atoms with Crippen molar-refractivity contribution < 1.29 is 9.21 Å². The summed E-state index contributed by atoms with van der Waals surface area (Å²) in [7, 11) is 1.84. The van der Waals surface area contributed by atoms with Crippen molar-refractivity contribution in [2.45, 2.75) is 38.1 Å². The SMILES string of the molecule is Cc1c(-c2nnc(C(=O)N3CCc4[nH]cnc4[C@H]3c3cc4c(C5CC5)cccn4n3)o2)cnn1C. The van der Waals surface area contributed by atoms with Gasteiger partial charge in [-0.3, -0.25) is 9.48 Å². The zero-order valence-corrected chi connectivity index (χ0v) is 19.3. The lowest BCUT2D eigenvalue weighted by atomic mass is 9.99. The fraction of sp³-hybridized carbons (Fsp3) is 0.333. The molecule has 11 heteroatoms. The Balaban J connectivity index is 1.29. The van der Waals surface area contributed by atoms with Crippen LogP contribution < -0.4 is 0 Å². The summed E-state index contributed by atoms with van der Waals surface area (Å²) >= 11 is 0. The number of pyridine rings is 1. The molecule has 1 fully saturated rings. The molecule has 0 saturated heterocycles. The monoisotopic (exact) mass is 469 g/mol. The third-order valence-electron chi connectivity index (χ3n) is 7.11. The first-order chi connectivity index (χ1) is 17.1. The maximum absolute atomic E-state index is 13.7. The van der Waals surface area contributed by atoms with Gasteiger partial charge in [0.15, 0.2) is 0 Å². The van der Waals surface area contributed by atoms with Gasteiger partial charge in [0.2, 0.25) is 0 Å². The first-order valence-electron chi connectivity index (χ1n) is 11.7. The Labute approximate surface area is 199 Å². The number of aromatic nitrogens is 8. The summed E-state index contributed by atoms with van der Waals surface area (Å²) in [6, 6.07) is 5.82. The quantitative estimate of drug-likeness (QED) is 0.429. The molecule has 7 rings (SSSR count). The normalized spacial score (nSPS) is 17.8. The molecule has 176 valence electrons. The second-order valence-corrected chi connectivity index (χ2v) is 9.23. The third kappa shape index (κ3) is 3.11. The summed E-state index contributed by atoms with van der Waals surface area (Å²) in [5.74, 6) is 0.453. The van der Waals surface area contributed by atoms with Crippen molar-refractivity contribution >= 4 is 11.4 Å². The Bertz CT molecular complexity index is 1590. The molecule has 1 aliphatic carbocycles. The highest BCUT2D eigenvalue weighted by Gasteiger charge is 2.38. The van der Waals surface area contributed by atoms with Crippen molar-refractivity contribution in [1.82, 2.24) is 44.5 Å². The minimum Gasteiger partial charge on any atom is -0.412 e. The third-order valence-corrected chi connectivity index (χ3v) is 7.11. The van der Waals surface area contributed by atoms with E-state index in [9.17, 15) is 4.79 Å². The molecule has 11 nitrogen and oxygen atoms in total. The number of hydrogen-bond donors (Lipinski definition) is 1. The van der Waals surface area contributed by atoms with Gasteiger partial charge in [-0.25, -0.2) is 9.50 Å². The number of amides is 1. The number of hydrogen-bond acceptors (Lipinski definition) is 7. The van der Waals surface area contributed by atoms with E-state index in [4.69, 9.17) is 9.52 Å². The van der Waals surface area contributed by atoms with Crippen LogP contribution in [0.4, 0.5) is 0 Å². The van der Waals surface area contributed by atoms with Gasteiger partial charge >= 0.3 is 11.8 Å². The first-order valence-corrected chi connectivity index (χ1v) is 11.7. The van der Waals surface area contributed by atoms with E-state index >= 15 is 0 Å². The summed E-state index contributed by atoms with van der Waals surface area (Å²) in [4.78, 5) is 23.2. The van der Waals surface area contributed by atoms with E-state index in [1.54, 1.807) is 22.1 Å². The van der Waals surface area contributed by atoms with Crippen LogP contribution in [-0.4, -0.2) is 56.9 Å². The lowest BCUT2D eigenvalue weighted by molar-refractivity contribution is 0.0646. The molecule has 1 atom stereocenters. The Hall–Kier alpha value is -4.28. The Kier molecular flexibility index (Phi) is 4.23. The van der Waals surface area contributed by atoms with E-state index in [1.165, 1.54) is 18.4 Å². The van der Waals surface area contributed by atoms with Crippen molar-refractivity contribution in [2.24, 2.45) is 7.05 Å². The van der Waals surface area contributed by atoms with Gasteiger partial charge in [0.25, 0.3) is 5.89 Å². The second-order valence-electron chi connectivity index (χ2n) is 9.23. The Morgan fingerprint density at radius 1 is 1.26 bits per heavy atom. The van der Waals surface area contributed by atoms with Crippen molar-refractivity contribution in [1.29, 1.82) is 0 Å². The highest BCUT2D eigenvalue weighted by molar-refractivity contribution is 5.90. The number of nitrogens with one attached hydrogen (secondary N) is 1. The molecular weight excluding hydrogens is 446 g/mol. The van der Waals surface area contributed by atoms with E-state index in [0.717, 1.165) is 28.3 Å². The van der Waals surface area contributed by atoms with Crippen LogP contribution in [0.3, 0.4) is 0 Å². The zero-order chi connectivity index (χ0) is 23.7. The van der Waals surface area contributed by atoms with Crippen LogP contribution >= 0.6 is 0 Å². The second kappa shape index (κ2) is 7.36. The lowest BCUT2D eigenvalue weighted by Crippen LogP contribution is -2.41. The van der Waals surface area contributed by atoms with Crippen LogP contribution in [0.5, 0.6) is 0 Å². The number of carbonyl (C=O) groups excluding carboxylic acids is 1. The number of nitrogens with zero attached hydrogens (tertiary/aromatic N) is 8. The Morgan fingerprint density at radius 2 is 2.14 bits per heavy atom. The van der Waals surface area contributed by atoms with Gasteiger partial charge in [-0.1, -0.05) is 6.07 Å². The molecule has 0 aromatic carbocycles. The van der Waals surface area contributed by atoms with Crippen molar-refractivity contribution in [3.63, 3.8) is 0 Å². The standard InChI is InChI=1S/C24H23N9O2/c1-13-16(11-27-31(13)2)22-28-29-23(35-22)24(34)32-9-7-17-20(26-12-25-17)21(32)18-10-19-15(14-5-6-14)4-3-8-33(19)30-18/h3-4,8,10-12,14,21H,5-7,9H2,1-2H3,(H,25,26)/t21-/m1/s1. The maximum atomic E-state index is 13.7. The molecule has 1 amide bonds. The van der Waals surface area contributed by atoms with Gasteiger partial charge in [0.05, 0.1) is 35.0 Å². The molecule has 35 heavy (non-hydrogen) atoms. The average Bonchev–Trinajstić information content (AvgIpc) is 3.24. The molecule has 1 N–H and O–H groups in total. The topological polar surface area (TPSA) is 123 Å². The smallest absolute Gasteiger partial charge is 0.312 e. The van der Waals surface area contributed by atoms with Gasteiger partial charge in [-0.05, 0) is 43.4 Å². The first kappa shape index (κ1) is 20.1. The number of fused-ring (bicyclic) bond motifs is 2. The highest BCUT2D eigenvalue weighted by atomic mass is 16.4. The van der Waals surface area contributed by atoms with E-state index < -0.39 is 6.04 Å². The molecule has 5 aromatic rings. The predicted molar refractivity (Wildman–Crippen MR) is 124 cm³/mol. The molecule has 6 heterocycles. The number of aromatic amines is 1. The van der Waals surface area contributed by atoms with Crippen molar-refractivity contribution in [2.75, 3.05) is 6.54 Å². The van der Waals surface area contributed by atoms with Gasteiger partial charge in [-0.2, -0.15) is 10.2 Å². The van der Waals surface area contributed by atoms with Gasteiger partial charge in [0, 0.05) is 37.6 Å². The number of aryl methyl sites for hydroxylation is 1. The number of carbonyl (C=O) groups is 1. The van der Waals surface area contributed by atoms with Crippen LogP contribution in [0.2, 0.25) is 0 Å². The fourth-order valence-electron chi connectivity index (χ4n) is 4.97. The van der Waals surface area contributed by atoms with Gasteiger partial charge in [-0.15, -0.1) is 10.2 Å². The molecule has 1 saturated carbocycles. The molecule has 1 aliphatic heterocycles. The summed E-state index contributed by atoms with van der Waals surface area (Å²) in [5, 5.41) is 17.3. The molecule has 0 radical (unpaired) electrons. The molecular formula is C24H23N9O2. The summed E-state index contributed by atoms with van der Waals surface area (Å²) in [5.41, 5.74) is 6.53. The average molecular weight is 470 g/mol. The van der Waals surface area contributed by atoms with Crippen LogP contribution in [0.1, 0.15) is 63.8 Å². The van der Waals surface area contributed by atoms with E-state index in [2.05, 4.69) is 37.4 Å². The van der Waals surface area contributed by atoms with Crippen LogP contribution in [-0.2, 0) is 13.5 Å². The van der Waals surface area contributed by atoms with Crippen LogP contribution in [0.15, 0.2) is 41.3 Å². The van der Waals surface area contributed by atoms with Crippen LogP contribution in [0.25, 0.3) is 17.0 Å². The molecule has 0 bridgehead atoms. The van der Waals surface area contributed by atoms with Crippen molar-refractivity contribution in [3.05, 3.63) is 71.1 Å². The fourth-order valence-corrected chi connectivity index (χ4v) is 4.97. The summed E-state index contributed by atoms with van der Waals surface area (Å²) in [6.07, 6.45) is 8.34. The maximum Gasteiger partial charge on any atom is 0.312 e. The van der Waals surface area contributed by atoms with E-state index in [0.29, 0.717) is 24.4 Å². The number of rotatable bonds is 4. The summed E-state index contributed by atoms with van der Waals surface area (Å²) < 4.78 is 9.46. The highest BCUT2D eigenvalue weighted by Crippen LogP contribution is 2.43. The van der Waals surface area contributed by atoms with Gasteiger partial charge < -0.3 is 14.3 Å². The van der Waals surface area contributed by atoms with Crippen LogP contribution in [0, 0.1) is 6.92 Å². The van der Waals surface area contributed by atoms with Crippen molar-refractivity contribution in [3.8, 4) is 11.5 Å². The molecule has 0 spiro atoms. The molecule has 5 aromatic heterocycles. The summed E-state index contributed by atoms with van der Waals surface area (Å²) in [6.45, 7) is 2.39. The minimum absolute atomic E-state index is 0.0605. The Morgan fingerprint density at radius 3 is 2.94 bits per heavy atom. The molecule has 2 aliphatic rings. The largest absolute Gasteiger partial charge is 0.412 e. The predicted octanol–water partition coefficient (Wildman–Crippen LogP) is 2.81. The number of H-pyrrole nitrogens is 1. The number of imidazole rings is 1. The van der Waals surface area contributed by atoms with E-state index in [1.807, 2.05) is 30.8 Å². The minimum atomic E-state index is -0.458. The zero-order valence-electron chi connectivity index (χ0n) is 19.3. The van der Waals surface area contributed by atoms with E-state index in [-0.39, 0.29) is 17.7 Å². The van der Waals surface area contributed by atoms with Gasteiger partial charge in [0.1, 0.15) is 6.04 Å². The lowest BCUT2D eigenvalue weighted by Gasteiger charge is -2.32.